The molecule has 1 aromatic heterocycles. The van der Waals surface area contributed by atoms with Crippen molar-refractivity contribution in [2.24, 2.45) is 5.92 Å². The first kappa shape index (κ1) is 20.2. The molecule has 0 bridgehead atoms. The van der Waals surface area contributed by atoms with E-state index >= 15 is 0 Å². The highest BCUT2D eigenvalue weighted by Gasteiger charge is 2.29. The number of pyridine rings is 1. The van der Waals surface area contributed by atoms with Gasteiger partial charge in [-0.2, -0.15) is 0 Å². The SMILES string of the molecule is O=C(Nc1cc(Cl)cc2cccnc12)C1CCN(C(=O)c2ccc(F)cc2F)CC1. The number of benzene rings is 2. The summed E-state index contributed by atoms with van der Waals surface area (Å²) in [5, 5.41) is 4.21. The molecule has 4 rings (SSSR count). The number of hydrogen-bond acceptors (Lipinski definition) is 3. The van der Waals surface area contributed by atoms with Crippen LogP contribution in [0.15, 0.2) is 48.7 Å². The maximum Gasteiger partial charge on any atom is 0.256 e. The van der Waals surface area contributed by atoms with E-state index in [1.807, 2.05) is 6.07 Å². The molecule has 1 N–H and O–H groups in total. The summed E-state index contributed by atoms with van der Waals surface area (Å²) in [6, 6.07) is 9.98. The van der Waals surface area contributed by atoms with Crippen LogP contribution in [0.25, 0.3) is 10.9 Å². The molecule has 0 unspecified atom stereocenters. The number of nitrogens with one attached hydrogen (secondary N) is 1. The summed E-state index contributed by atoms with van der Waals surface area (Å²) in [7, 11) is 0. The third-order valence-electron chi connectivity index (χ3n) is 5.24. The Balaban J connectivity index is 1.42. The lowest BCUT2D eigenvalue weighted by Gasteiger charge is -2.31. The van der Waals surface area contributed by atoms with Crippen LogP contribution in [-0.2, 0) is 4.79 Å². The number of rotatable bonds is 3. The summed E-state index contributed by atoms with van der Waals surface area (Å²) in [5.41, 5.74) is 1.01. The molecular formula is C22H18ClF2N3O2. The maximum absolute atomic E-state index is 13.9. The van der Waals surface area contributed by atoms with Crippen molar-refractivity contribution >= 4 is 40.0 Å². The number of carbonyl (C=O) groups is 2. The Bertz CT molecular complexity index is 1130. The molecule has 154 valence electrons. The van der Waals surface area contributed by atoms with Crippen LogP contribution >= 0.6 is 11.6 Å². The molecule has 1 fully saturated rings. The summed E-state index contributed by atoms with van der Waals surface area (Å²) in [5.74, 6) is -2.60. The van der Waals surface area contributed by atoms with Crippen molar-refractivity contribution in [1.29, 1.82) is 0 Å². The van der Waals surface area contributed by atoms with Gasteiger partial charge in [0.1, 0.15) is 11.6 Å². The Kier molecular flexibility index (Phi) is 5.63. The number of carbonyl (C=O) groups excluding carboxylic acids is 2. The molecule has 8 heteroatoms. The molecule has 5 nitrogen and oxygen atoms in total. The van der Waals surface area contributed by atoms with E-state index in [1.165, 1.54) is 4.90 Å². The van der Waals surface area contributed by atoms with E-state index in [0.29, 0.717) is 48.2 Å². The minimum absolute atomic E-state index is 0.171. The fourth-order valence-electron chi connectivity index (χ4n) is 3.66. The molecule has 2 aromatic carbocycles. The average Bonchev–Trinajstić information content (AvgIpc) is 2.73. The van der Waals surface area contributed by atoms with Crippen molar-refractivity contribution in [2.45, 2.75) is 12.8 Å². The number of halogens is 3. The number of anilines is 1. The first-order chi connectivity index (χ1) is 14.4. The number of aromatic nitrogens is 1. The molecule has 1 aliphatic rings. The third-order valence-corrected chi connectivity index (χ3v) is 5.46. The smallest absolute Gasteiger partial charge is 0.256 e. The van der Waals surface area contributed by atoms with Crippen LogP contribution in [0.2, 0.25) is 5.02 Å². The molecule has 3 aromatic rings. The summed E-state index contributed by atoms with van der Waals surface area (Å²) < 4.78 is 27.0. The number of amides is 2. The van der Waals surface area contributed by atoms with E-state index in [2.05, 4.69) is 10.3 Å². The van der Waals surface area contributed by atoms with Crippen molar-refractivity contribution in [3.8, 4) is 0 Å². The minimum atomic E-state index is -0.889. The highest BCUT2D eigenvalue weighted by Crippen LogP contribution is 2.28. The zero-order valence-electron chi connectivity index (χ0n) is 15.9. The number of nitrogens with zero attached hydrogens (tertiary/aromatic N) is 2. The number of hydrogen-bond donors (Lipinski definition) is 1. The van der Waals surface area contributed by atoms with Crippen molar-refractivity contribution < 1.29 is 18.4 Å². The van der Waals surface area contributed by atoms with Gasteiger partial charge in [-0.15, -0.1) is 0 Å². The molecule has 0 aliphatic carbocycles. The van der Waals surface area contributed by atoms with Gasteiger partial charge in [0.2, 0.25) is 5.91 Å². The molecule has 2 heterocycles. The van der Waals surface area contributed by atoms with Crippen LogP contribution in [0.3, 0.4) is 0 Å². The van der Waals surface area contributed by atoms with Crippen LogP contribution in [0.4, 0.5) is 14.5 Å². The summed E-state index contributed by atoms with van der Waals surface area (Å²) in [6.45, 7) is 0.616. The van der Waals surface area contributed by atoms with E-state index in [-0.39, 0.29) is 17.4 Å². The molecule has 1 saturated heterocycles. The van der Waals surface area contributed by atoms with Gasteiger partial charge in [0.25, 0.3) is 5.91 Å². The first-order valence-electron chi connectivity index (χ1n) is 9.52. The predicted molar refractivity (Wildman–Crippen MR) is 110 cm³/mol. The van der Waals surface area contributed by atoms with Gasteiger partial charge in [-0.3, -0.25) is 14.6 Å². The van der Waals surface area contributed by atoms with Crippen molar-refractivity contribution in [2.75, 3.05) is 18.4 Å². The Labute approximate surface area is 176 Å². The standard InChI is InChI=1S/C22H18ClF2N3O2/c23-15-10-14-2-1-7-26-20(14)19(11-15)27-21(29)13-5-8-28(9-6-13)22(30)17-4-3-16(24)12-18(17)25/h1-4,7,10-13H,5-6,8-9H2,(H,27,29). The minimum Gasteiger partial charge on any atom is -0.339 e. The van der Waals surface area contributed by atoms with E-state index in [1.54, 1.807) is 24.4 Å². The fourth-order valence-corrected chi connectivity index (χ4v) is 3.89. The third kappa shape index (κ3) is 4.11. The van der Waals surface area contributed by atoms with Crippen LogP contribution in [-0.4, -0.2) is 34.8 Å². The van der Waals surface area contributed by atoms with E-state index < -0.39 is 17.5 Å². The number of likely N-dealkylation sites (tertiary alicyclic amines) is 1. The summed E-state index contributed by atoms with van der Waals surface area (Å²) in [6.07, 6.45) is 2.52. The second-order valence-corrected chi connectivity index (χ2v) is 7.64. The van der Waals surface area contributed by atoms with Crippen LogP contribution < -0.4 is 5.32 Å². The molecule has 0 spiro atoms. The molecular weight excluding hydrogens is 412 g/mol. The summed E-state index contributed by atoms with van der Waals surface area (Å²) in [4.78, 5) is 31.1. The Morgan fingerprint density at radius 3 is 2.60 bits per heavy atom. The Morgan fingerprint density at radius 1 is 1.10 bits per heavy atom. The highest BCUT2D eigenvalue weighted by molar-refractivity contribution is 6.32. The van der Waals surface area contributed by atoms with Gasteiger partial charge in [-0.1, -0.05) is 17.7 Å². The van der Waals surface area contributed by atoms with Gasteiger partial charge in [0, 0.05) is 41.7 Å². The lowest BCUT2D eigenvalue weighted by molar-refractivity contribution is -0.121. The first-order valence-corrected chi connectivity index (χ1v) is 9.89. The van der Waals surface area contributed by atoms with Gasteiger partial charge < -0.3 is 10.2 Å². The zero-order valence-corrected chi connectivity index (χ0v) is 16.6. The van der Waals surface area contributed by atoms with Crippen molar-refractivity contribution in [3.05, 3.63) is 70.9 Å². The van der Waals surface area contributed by atoms with Gasteiger partial charge in [0.15, 0.2) is 0 Å². The molecule has 0 saturated carbocycles. The lowest BCUT2D eigenvalue weighted by Crippen LogP contribution is -2.41. The van der Waals surface area contributed by atoms with Crippen LogP contribution in [0.1, 0.15) is 23.2 Å². The second kappa shape index (κ2) is 8.36. The van der Waals surface area contributed by atoms with Gasteiger partial charge in [0.05, 0.1) is 16.8 Å². The van der Waals surface area contributed by atoms with E-state index in [9.17, 15) is 18.4 Å². The fraction of sp³-hybridized carbons (Fsp3) is 0.227. The highest BCUT2D eigenvalue weighted by atomic mass is 35.5. The van der Waals surface area contributed by atoms with Gasteiger partial charge in [-0.25, -0.2) is 8.78 Å². The Hall–Kier alpha value is -3.06. The predicted octanol–water partition coefficient (Wildman–Crippen LogP) is 4.66. The number of fused-ring (bicyclic) bond motifs is 1. The average molecular weight is 430 g/mol. The second-order valence-electron chi connectivity index (χ2n) is 7.21. The molecule has 0 radical (unpaired) electrons. The summed E-state index contributed by atoms with van der Waals surface area (Å²) >= 11 is 6.15. The molecule has 1 aliphatic heterocycles. The number of piperidine rings is 1. The molecule has 0 atom stereocenters. The lowest BCUT2D eigenvalue weighted by atomic mass is 9.95. The normalized spacial score (nSPS) is 14.7. The van der Waals surface area contributed by atoms with Crippen molar-refractivity contribution in [3.63, 3.8) is 0 Å². The largest absolute Gasteiger partial charge is 0.339 e. The molecule has 2 amide bonds. The Morgan fingerprint density at radius 2 is 1.87 bits per heavy atom. The van der Waals surface area contributed by atoms with Crippen molar-refractivity contribution in [1.82, 2.24) is 9.88 Å². The topological polar surface area (TPSA) is 62.3 Å². The van der Waals surface area contributed by atoms with Gasteiger partial charge in [-0.05, 0) is 43.2 Å². The monoisotopic (exact) mass is 429 g/mol. The molecule has 30 heavy (non-hydrogen) atoms. The van der Waals surface area contributed by atoms with Crippen LogP contribution in [0.5, 0.6) is 0 Å². The van der Waals surface area contributed by atoms with Crippen LogP contribution in [0, 0.1) is 17.6 Å². The zero-order chi connectivity index (χ0) is 21.3. The maximum atomic E-state index is 13.9. The van der Waals surface area contributed by atoms with Gasteiger partial charge >= 0.3 is 0 Å². The van der Waals surface area contributed by atoms with E-state index in [4.69, 9.17) is 11.6 Å². The quantitative estimate of drug-likeness (QED) is 0.658. The van der Waals surface area contributed by atoms with E-state index in [0.717, 1.165) is 17.5 Å².